The van der Waals surface area contributed by atoms with Crippen molar-refractivity contribution in [3.05, 3.63) is 17.0 Å². The maximum Gasteiger partial charge on any atom is 0.326 e. The van der Waals surface area contributed by atoms with Crippen LogP contribution in [0.25, 0.3) is 0 Å². The molecule has 0 spiro atoms. The molecule has 1 amide bonds. The predicted octanol–water partition coefficient (Wildman–Crippen LogP) is 2.25. The Bertz CT molecular complexity index is 518. The minimum absolute atomic E-state index is 0.0277. The third-order valence-electron chi connectivity index (χ3n) is 4.17. The number of aromatic nitrogens is 1. The van der Waals surface area contributed by atoms with Gasteiger partial charge in [-0.2, -0.15) is 0 Å². The van der Waals surface area contributed by atoms with Crippen LogP contribution < -0.4 is 0 Å². The van der Waals surface area contributed by atoms with Crippen molar-refractivity contribution in [2.45, 2.75) is 58.4 Å². The Morgan fingerprint density at radius 1 is 1.43 bits per heavy atom. The molecule has 0 aromatic carbocycles. The van der Waals surface area contributed by atoms with E-state index in [1.54, 1.807) is 0 Å². The van der Waals surface area contributed by atoms with Gasteiger partial charge in [0.15, 0.2) is 0 Å². The van der Waals surface area contributed by atoms with Gasteiger partial charge in [0.1, 0.15) is 11.8 Å². The van der Waals surface area contributed by atoms with Crippen molar-refractivity contribution in [1.29, 1.82) is 0 Å². The number of likely N-dealkylation sites (tertiary alicyclic amines) is 1. The average molecular weight is 294 g/mol. The van der Waals surface area contributed by atoms with Crippen LogP contribution in [0.15, 0.2) is 4.52 Å². The summed E-state index contributed by atoms with van der Waals surface area (Å²) >= 11 is 0. The summed E-state index contributed by atoms with van der Waals surface area (Å²) in [7, 11) is 0. The van der Waals surface area contributed by atoms with Gasteiger partial charge in [0.25, 0.3) is 0 Å². The molecule has 1 N–H and O–H groups in total. The van der Waals surface area contributed by atoms with Crippen molar-refractivity contribution in [3.63, 3.8) is 0 Å². The SMILES string of the molecule is Cc1noc(C)c1C(C)CC(=O)N1CCCCC1C(=O)O. The first-order chi connectivity index (χ1) is 9.91. The van der Waals surface area contributed by atoms with Crippen LogP contribution in [0, 0.1) is 13.8 Å². The van der Waals surface area contributed by atoms with Crippen molar-refractivity contribution >= 4 is 11.9 Å². The Labute approximate surface area is 124 Å². The molecule has 0 radical (unpaired) electrons. The van der Waals surface area contributed by atoms with E-state index in [2.05, 4.69) is 5.16 Å². The van der Waals surface area contributed by atoms with E-state index in [-0.39, 0.29) is 18.2 Å². The standard InChI is InChI=1S/C15H22N2O4/c1-9(14-10(2)16-21-11(14)3)8-13(18)17-7-5-4-6-12(17)15(19)20/h9,12H,4-8H2,1-3H3,(H,19,20). The number of carbonyl (C=O) groups excluding carboxylic acids is 1. The monoisotopic (exact) mass is 294 g/mol. The molecule has 1 aromatic rings. The van der Waals surface area contributed by atoms with E-state index in [1.807, 2.05) is 20.8 Å². The molecule has 2 heterocycles. The molecule has 6 nitrogen and oxygen atoms in total. The smallest absolute Gasteiger partial charge is 0.326 e. The maximum atomic E-state index is 12.5. The van der Waals surface area contributed by atoms with Gasteiger partial charge in [-0.1, -0.05) is 12.1 Å². The number of carbonyl (C=O) groups is 2. The lowest BCUT2D eigenvalue weighted by Gasteiger charge is -2.33. The topological polar surface area (TPSA) is 83.6 Å². The number of aliphatic carboxylic acids is 1. The first-order valence-electron chi connectivity index (χ1n) is 7.36. The minimum atomic E-state index is -0.909. The van der Waals surface area contributed by atoms with E-state index >= 15 is 0 Å². The van der Waals surface area contributed by atoms with Gasteiger partial charge in [0.05, 0.1) is 5.69 Å². The van der Waals surface area contributed by atoms with Crippen LogP contribution in [-0.4, -0.2) is 39.6 Å². The molecule has 1 saturated heterocycles. The maximum absolute atomic E-state index is 12.5. The van der Waals surface area contributed by atoms with Gasteiger partial charge in [-0.15, -0.1) is 0 Å². The Morgan fingerprint density at radius 3 is 2.71 bits per heavy atom. The lowest BCUT2D eigenvalue weighted by molar-refractivity contribution is -0.152. The van der Waals surface area contributed by atoms with Crippen LogP contribution in [0.3, 0.4) is 0 Å². The minimum Gasteiger partial charge on any atom is -0.480 e. The van der Waals surface area contributed by atoms with Gasteiger partial charge < -0.3 is 14.5 Å². The molecule has 1 aliphatic heterocycles. The van der Waals surface area contributed by atoms with Crippen LogP contribution in [-0.2, 0) is 9.59 Å². The fourth-order valence-corrected chi connectivity index (χ4v) is 3.16. The molecule has 2 atom stereocenters. The highest BCUT2D eigenvalue weighted by Gasteiger charge is 2.33. The fraction of sp³-hybridized carbons (Fsp3) is 0.667. The Hall–Kier alpha value is -1.85. The summed E-state index contributed by atoms with van der Waals surface area (Å²) in [5, 5.41) is 13.2. The van der Waals surface area contributed by atoms with Crippen LogP contribution in [0.2, 0.25) is 0 Å². The normalized spacial score (nSPS) is 20.3. The quantitative estimate of drug-likeness (QED) is 0.920. The van der Waals surface area contributed by atoms with Gasteiger partial charge >= 0.3 is 5.97 Å². The molecule has 0 aliphatic carbocycles. The molecule has 2 rings (SSSR count). The highest BCUT2D eigenvalue weighted by Crippen LogP contribution is 2.28. The number of nitrogens with zero attached hydrogens (tertiary/aromatic N) is 2. The third kappa shape index (κ3) is 3.25. The molecule has 1 fully saturated rings. The first kappa shape index (κ1) is 15.5. The van der Waals surface area contributed by atoms with Gasteiger partial charge in [-0.3, -0.25) is 4.79 Å². The van der Waals surface area contributed by atoms with Crippen LogP contribution in [0.5, 0.6) is 0 Å². The number of carboxylic acid groups (broad SMARTS) is 1. The summed E-state index contributed by atoms with van der Waals surface area (Å²) in [5.74, 6) is -0.316. The molecule has 116 valence electrons. The van der Waals surface area contributed by atoms with Crippen LogP contribution in [0.1, 0.15) is 55.5 Å². The molecule has 1 aromatic heterocycles. The average Bonchev–Trinajstić information content (AvgIpc) is 2.78. The van der Waals surface area contributed by atoms with E-state index in [1.165, 1.54) is 4.90 Å². The van der Waals surface area contributed by atoms with Crippen molar-refractivity contribution in [2.75, 3.05) is 6.54 Å². The molecular weight excluding hydrogens is 272 g/mol. The zero-order chi connectivity index (χ0) is 15.6. The summed E-state index contributed by atoms with van der Waals surface area (Å²) in [6.45, 7) is 6.17. The van der Waals surface area contributed by atoms with Gasteiger partial charge in [-0.25, -0.2) is 4.79 Å². The number of rotatable bonds is 4. The third-order valence-corrected chi connectivity index (χ3v) is 4.17. The second kappa shape index (κ2) is 6.28. The molecule has 6 heteroatoms. The summed E-state index contributed by atoms with van der Waals surface area (Å²) in [6.07, 6.45) is 2.56. The van der Waals surface area contributed by atoms with Crippen molar-refractivity contribution < 1.29 is 19.2 Å². The predicted molar refractivity (Wildman–Crippen MR) is 76.0 cm³/mol. The number of piperidine rings is 1. The van der Waals surface area contributed by atoms with E-state index < -0.39 is 12.0 Å². The summed E-state index contributed by atoms with van der Waals surface area (Å²) in [6, 6.07) is -0.678. The lowest BCUT2D eigenvalue weighted by atomic mass is 9.94. The number of hydrogen-bond acceptors (Lipinski definition) is 4. The zero-order valence-corrected chi connectivity index (χ0v) is 12.8. The van der Waals surface area contributed by atoms with Crippen molar-refractivity contribution in [3.8, 4) is 0 Å². The van der Waals surface area contributed by atoms with Gasteiger partial charge in [-0.05, 0) is 39.0 Å². The van der Waals surface area contributed by atoms with E-state index in [0.717, 1.165) is 29.9 Å². The number of aryl methyl sites for hydroxylation is 2. The second-order valence-corrected chi connectivity index (χ2v) is 5.78. The van der Waals surface area contributed by atoms with Gasteiger partial charge in [0.2, 0.25) is 5.91 Å². The van der Waals surface area contributed by atoms with E-state index in [0.29, 0.717) is 13.0 Å². The molecular formula is C15H22N2O4. The highest BCUT2D eigenvalue weighted by atomic mass is 16.5. The summed E-state index contributed by atoms with van der Waals surface area (Å²) in [4.78, 5) is 25.2. The Kier molecular flexibility index (Phi) is 4.65. The van der Waals surface area contributed by atoms with Crippen LogP contribution in [0.4, 0.5) is 0 Å². The molecule has 0 saturated carbocycles. The van der Waals surface area contributed by atoms with Crippen molar-refractivity contribution in [1.82, 2.24) is 10.1 Å². The molecule has 1 aliphatic rings. The lowest BCUT2D eigenvalue weighted by Crippen LogP contribution is -2.48. The Balaban J connectivity index is 2.08. The largest absolute Gasteiger partial charge is 0.480 e. The molecule has 2 unspecified atom stereocenters. The number of hydrogen-bond donors (Lipinski definition) is 1. The highest BCUT2D eigenvalue weighted by molar-refractivity contribution is 5.84. The van der Waals surface area contributed by atoms with Crippen LogP contribution >= 0.6 is 0 Å². The number of carboxylic acids is 1. The van der Waals surface area contributed by atoms with E-state index in [4.69, 9.17) is 4.52 Å². The summed E-state index contributed by atoms with van der Waals surface area (Å²) in [5.41, 5.74) is 1.74. The zero-order valence-electron chi connectivity index (χ0n) is 12.8. The molecule has 21 heavy (non-hydrogen) atoms. The van der Waals surface area contributed by atoms with Crippen molar-refractivity contribution in [2.24, 2.45) is 0 Å². The second-order valence-electron chi connectivity index (χ2n) is 5.78. The first-order valence-corrected chi connectivity index (χ1v) is 7.36. The molecule has 0 bridgehead atoms. The number of amides is 1. The van der Waals surface area contributed by atoms with E-state index in [9.17, 15) is 14.7 Å². The summed E-state index contributed by atoms with van der Waals surface area (Å²) < 4.78 is 5.13. The Morgan fingerprint density at radius 2 is 2.14 bits per heavy atom. The fourth-order valence-electron chi connectivity index (χ4n) is 3.16. The van der Waals surface area contributed by atoms with Gasteiger partial charge in [0, 0.05) is 18.5 Å².